The largest absolute Gasteiger partial charge is 0.391 e. The van der Waals surface area contributed by atoms with Gasteiger partial charge in [0.2, 0.25) is 0 Å². The van der Waals surface area contributed by atoms with Crippen molar-refractivity contribution < 1.29 is 4.84 Å². The van der Waals surface area contributed by atoms with E-state index in [4.69, 9.17) is 4.84 Å². The lowest BCUT2D eigenvalue weighted by molar-refractivity contribution is 0.130. The standard InChI is InChI=1S/C17H17NO/c1-3-7-14(8-4-1)13-19-18-17(16-11-12-16)15-9-5-2-6-10-15/h1-10,16H,11-13H2. The fourth-order valence-corrected chi connectivity index (χ4v) is 2.08. The molecule has 0 amide bonds. The fourth-order valence-electron chi connectivity index (χ4n) is 2.08. The van der Waals surface area contributed by atoms with E-state index in [-0.39, 0.29) is 0 Å². The van der Waals surface area contributed by atoms with Crippen molar-refractivity contribution in [3.63, 3.8) is 0 Å². The highest BCUT2D eigenvalue weighted by Gasteiger charge is 2.29. The van der Waals surface area contributed by atoms with Crippen molar-refractivity contribution >= 4 is 5.71 Å². The third kappa shape index (κ3) is 3.22. The van der Waals surface area contributed by atoms with Crippen LogP contribution in [0.15, 0.2) is 65.8 Å². The Kier molecular flexibility index (Phi) is 3.59. The van der Waals surface area contributed by atoms with Crippen molar-refractivity contribution in [2.45, 2.75) is 19.4 Å². The van der Waals surface area contributed by atoms with Crippen molar-refractivity contribution in [3.8, 4) is 0 Å². The van der Waals surface area contributed by atoms with Crippen molar-refractivity contribution in [1.82, 2.24) is 0 Å². The number of rotatable bonds is 5. The number of benzene rings is 2. The summed E-state index contributed by atoms with van der Waals surface area (Å²) in [5.74, 6) is 0.582. The molecule has 0 aliphatic heterocycles. The van der Waals surface area contributed by atoms with Gasteiger partial charge >= 0.3 is 0 Å². The molecule has 0 spiro atoms. The minimum atomic E-state index is 0.532. The second kappa shape index (κ2) is 5.70. The zero-order valence-electron chi connectivity index (χ0n) is 10.8. The zero-order valence-corrected chi connectivity index (χ0v) is 10.8. The summed E-state index contributed by atoms with van der Waals surface area (Å²) in [7, 11) is 0. The van der Waals surface area contributed by atoms with Crippen LogP contribution in [0, 0.1) is 5.92 Å². The Bertz CT molecular complexity index is 544. The Morgan fingerprint density at radius 2 is 1.58 bits per heavy atom. The lowest BCUT2D eigenvalue weighted by Gasteiger charge is -2.05. The number of hydrogen-bond acceptors (Lipinski definition) is 2. The molecular weight excluding hydrogens is 234 g/mol. The first-order valence-corrected chi connectivity index (χ1v) is 6.72. The van der Waals surface area contributed by atoms with Crippen molar-refractivity contribution in [2.24, 2.45) is 11.1 Å². The second-order valence-electron chi connectivity index (χ2n) is 4.88. The third-order valence-corrected chi connectivity index (χ3v) is 3.27. The van der Waals surface area contributed by atoms with Crippen LogP contribution >= 0.6 is 0 Å². The van der Waals surface area contributed by atoms with Crippen molar-refractivity contribution in [2.75, 3.05) is 0 Å². The summed E-state index contributed by atoms with van der Waals surface area (Å²) in [5, 5.41) is 4.37. The minimum Gasteiger partial charge on any atom is -0.391 e. The first-order chi connectivity index (χ1) is 9.43. The Hall–Kier alpha value is -2.09. The fraction of sp³-hybridized carbons (Fsp3) is 0.235. The second-order valence-corrected chi connectivity index (χ2v) is 4.88. The van der Waals surface area contributed by atoms with Gasteiger partial charge in [0, 0.05) is 5.92 Å². The maximum absolute atomic E-state index is 5.53. The van der Waals surface area contributed by atoms with Crippen LogP contribution in [0.3, 0.4) is 0 Å². The van der Waals surface area contributed by atoms with Crippen LogP contribution in [-0.2, 0) is 11.4 Å². The number of oxime groups is 1. The highest BCUT2D eigenvalue weighted by Crippen LogP contribution is 2.33. The molecule has 2 heteroatoms. The van der Waals surface area contributed by atoms with E-state index in [2.05, 4.69) is 29.4 Å². The van der Waals surface area contributed by atoms with Crippen LogP contribution in [0.25, 0.3) is 0 Å². The Morgan fingerprint density at radius 1 is 0.947 bits per heavy atom. The van der Waals surface area contributed by atoms with Gasteiger partial charge in [0.05, 0.1) is 5.71 Å². The molecule has 2 nitrogen and oxygen atoms in total. The molecule has 1 fully saturated rings. The number of nitrogens with zero attached hydrogens (tertiary/aromatic N) is 1. The Balaban J connectivity index is 1.69. The molecule has 0 radical (unpaired) electrons. The molecule has 1 saturated carbocycles. The van der Waals surface area contributed by atoms with Gasteiger partial charge < -0.3 is 4.84 Å². The van der Waals surface area contributed by atoms with Crippen LogP contribution in [0.5, 0.6) is 0 Å². The van der Waals surface area contributed by atoms with E-state index in [0.717, 1.165) is 11.3 Å². The average Bonchev–Trinajstić information content (AvgIpc) is 3.30. The molecule has 0 bridgehead atoms. The molecule has 2 aromatic rings. The van der Waals surface area contributed by atoms with Gasteiger partial charge in [-0.05, 0) is 24.0 Å². The predicted molar refractivity (Wildman–Crippen MR) is 76.9 cm³/mol. The topological polar surface area (TPSA) is 21.6 Å². The SMILES string of the molecule is c1ccc(CON=C(c2ccccc2)C2CC2)cc1. The molecule has 96 valence electrons. The summed E-state index contributed by atoms with van der Waals surface area (Å²) < 4.78 is 0. The van der Waals surface area contributed by atoms with E-state index in [1.54, 1.807) is 0 Å². The van der Waals surface area contributed by atoms with Crippen molar-refractivity contribution in [3.05, 3.63) is 71.8 Å². The van der Waals surface area contributed by atoms with E-state index in [1.807, 2.05) is 36.4 Å². The van der Waals surface area contributed by atoms with E-state index in [0.29, 0.717) is 12.5 Å². The zero-order chi connectivity index (χ0) is 12.9. The monoisotopic (exact) mass is 251 g/mol. The molecule has 1 aliphatic rings. The van der Waals surface area contributed by atoms with Crippen LogP contribution in [0.1, 0.15) is 24.0 Å². The van der Waals surface area contributed by atoms with Gasteiger partial charge in [-0.15, -0.1) is 0 Å². The summed E-state index contributed by atoms with van der Waals surface area (Å²) in [4.78, 5) is 5.53. The molecule has 0 atom stereocenters. The van der Waals surface area contributed by atoms with Gasteiger partial charge in [0.25, 0.3) is 0 Å². The lowest BCUT2D eigenvalue weighted by Crippen LogP contribution is -2.04. The third-order valence-electron chi connectivity index (χ3n) is 3.27. The molecule has 0 N–H and O–H groups in total. The highest BCUT2D eigenvalue weighted by molar-refractivity contribution is 6.03. The van der Waals surface area contributed by atoms with Gasteiger partial charge in [-0.2, -0.15) is 0 Å². The van der Waals surface area contributed by atoms with Gasteiger partial charge in [-0.1, -0.05) is 65.8 Å². The molecule has 3 rings (SSSR count). The van der Waals surface area contributed by atoms with Gasteiger partial charge in [-0.25, -0.2) is 0 Å². The van der Waals surface area contributed by atoms with E-state index < -0.39 is 0 Å². The first kappa shape index (κ1) is 12.0. The van der Waals surface area contributed by atoms with Gasteiger partial charge in [0.1, 0.15) is 6.61 Å². The predicted octanol–water partition coefficient (Wildman–Crippen LogP) is 4.02. The molecule has 0 saturated heterocycles. The van der Waals surface area contributed by atoms with E-state index in [1.165, 1.54) is 18.4 Å². The van der Waals surface area contributed by atoms with Crippen molar-refractivity contribution in [1.29, 1.82) is 0 Å². The molecule has 0 unspecified atom stereocenters. The van der Waals surface area contributed by atoms with Gasteiger partial charge in [0.15, 0.2) is 0 Å². The van der Waals surface area contributed by atoms with Crippen LogP contribution < -0.4 is 0 Å². The molecule has 1 aliphatic carbocycles. The molecule has 2 aromatic carbocycles. The minimum absolute atomic E-state index is 0.532. The van der Waals surface area contributed by atoms with E-state index >= 15 is 0 Å². The smallest absolute Gasteiger partial charge is 0.142 e. The Labute approximate surface area is 113 Å². The summed E-state index contributed by atoms with van der Waals surface area (Å²) >= 11 is 0. The van der Waals surface area contributed by atoms with Crippen LogP contribution in [0.4, 0.5) is 0 Å². The summed E-state index contributed by atoms with van der Waals surface area (Å²) in [5.41, 5.74) is 3.42. The molecular formula is C17H17NO. The first-order valence-electron chi connectivity index (χ1n) is 6.72. The van der Waals surface area contributed by atoms with E-state index in [9.17, 15) is 0 Å². The lowest BCUT2D eigenvalue weighted by atomic mass is 10.1. The molecule has 0 aromatic heterocycles. The quantitative estimate of drug-likeness (QED) is 0.581. The summed E-state index contributed by atoms with van der Waals surface area (Å²) in [6, 6.07) is 20.5. The van der Waals surface area contributed by atoms with Crippen LogP contribution in [0.2, 0.25) is 0 Å². The number of hydrogen-bond donors (Lipinski definition) is 0. The maximum Gasteiger partial charge on any atom is 0.142 e. The normalized spacial score (nSPS) is 15.3. The average molecular weight is 251 g/mol. The summed E-state index contributed by atoms with van der Waals surface area (Å²) in [6.45, 7) is 0.532. The summed E-state index contributed by atoms with van der Waals surface area (Å²) in [6.07, 6.45) is 2.45. The van der Waals surface area contributed by atoms with Crippen LogP contribution in [-0.4, -0.2) is 5.71 Å². The Morgan fingerprint density at radius 3 is 2.21 bits per heavy atom. The van der Waals surface area contributed by atoms with Gasteiger partial charge in [-0.3, -0.25) is 0 Å². The highest BCUT2D eigenvalue weighted by atomic mass is 16.6. The maximum atomic E-state index is 5.53. The molecule has 0 heterocycles. The molecule has 19 heavy (non-hydrogen) atoms.